The molecule has 2 aliphatic heterocycles. The maximum atomic E-state index is 13.4. The van der Waals surface area contributed by atoms with Crippen LogP contribution in [-0.2, 0) is 17.7 Å². The Hall–Kier alpha value is -3.20. The zero-order valence-corrected chi connectivity index (χ0v) is 17.7. The third-order valence-corrected chi connectivity index (χ3v) is 6.60. The van der Waals surface area contributed by atoms with E-state index in [4.69, 9.17) is 4.74 Å². The van der Waals surface area contributed by atoms with Gasteiger partial charge in [0.2, 0.25) is 0 Å². The number of benzene rings is 1. The molecule has 3 aliphatic rings. The van der Waals surface area contributed by atoms with Crippen molar-refractivity contribution in [1.82, 2.24) is 19.7 Å². The van der Waals surface area contributed by atoms with Crippen molar-refractivity contribution in [2.75, 3.05) is 13.1 Å². The Labute approximate surface area is 187 Å². The topological polar surface area (TPSA) is 60.2 Å². The van der Waals surface area contributed by atoms with Gasteiger partial charge in [-0.15, -0.1) is 0 Å². The number of alkyl halides is 3. The highest BCUT2D eigenvalue weighted by molar-refractivity contribution is 6.00. The fourth-order valence-corrected chi connectivity index (χ4v) is 5.13. The summed E-state index contributed by atoms with van der Waals surface area (Å²) in [5.41, 5.74) is 3.69. The molecule has 2 aromatic heterocycles. The highest BCUT2D eigenvalue weighted by Gasteiger charge is 2.37. The highest BCUT2D eigenvalue weighted by atomic mass is 19.4. The Balaban J connectivity index is 1.42. The molecule has 0 spiro atoms. The van der Waals surface area contributed by atoms with Crippen LogP contribution in [0.5, 0.6) is 0 Å². The fourth-order valence-electron chi connectivity index (χ4n) is 5.13. The molecule has 1 aliphatic carbocycles. The van der Waals surface area contributed by atoms with Gasteiger partial charge in [0.15, 0.2) is 0 Å². The second kappa shape index (κ2) is 7.41. The van der Waals surface area contributed by atoms with Crippen LogP contribution in [-0.4, -0.2) is 57.0 Å². The van der Waals surface area contributed by atoms with Gasteiger partial charge in [-0.25, -0.2) is 0 Å². The van der Waals surface area contributed by atoms with Crippen molar-refractivity contribution in [3.8, 4) is 0 Å². The number of halogens is 3. The van der Waals surface area contributed by atoms with E-state index >= 15 is 0 Å². The number of nitrogens with zero attached hydrogens (tertiary/aromatic N) is 4. The summed E-state index contributed by atoms with van der Waals surface area (Å²) in [6.07, 6.45) is 1.58. The van der Waals surface area contributed by atoms with Crippen LogP contribution in [0, 0.1) is 0 Å². The normalized spacial score (nSPS) is 22.0. The molecule has 2 saturated heterocycles. The summed E-state index contributed by atoms with van der Waals surface area (Å²) in [6, 6.07) is 9.22. The predicted octanol–water partition coefficient (Wildman–Crippen LogP) is 3.98. The number of amides is 1. The summed E-state index contributed by atoms with van der Waals surface area (Å²) in [5, 5.41) is 4.85. The number of fused-ring (bicyclic) bond motifs is 4. The first-order chi connectivity index (χ1) is 15.9. The second-order valence-electron chi connectivity index (χ2n) is 8.85. The van der Waals surface area contributed by atoms with Gasteiger partial charge in [-0.05, 0) is 36.5 Å². The van der Waals surface area contributed by atoms with E-state index in [-0.39, 0.29) is 29.3 Å². The summed E-state index contributed by atoms with van der Waals surface area (Å²) >= 11 is 0. The summed E-state index contributed by atoms with van der Waals surface area (Å²) in [5.74, 6) is -0.288. The molecule has 3 aromatic rings. The van der Waals surface area contributed by atoms with Crippen LogP contribution in [0.15, 0.2) is 42.6 Å². The average molecular weight is 454 g/mol. The molecule has 9 heteroatoms. The van der Waals surface area contributed by atoms with Gasteiger partial charge in [-0.3, -0.25) is 14.5 Å². The summed E-state index contributed by atoms with van der Waals surface area (Å²) in [7, 11) is 0. The number of likely N-dealkylation sites (tertiary alicyclic amines) is 1. The lowest BCUT2D eigenvalue weighted by Gasteiger charge is -2.31. The number of morpholine rings is 1. The van der Waals surface area contributed by atoms with Gasteiger partial charge in [0, 0.05) is 30.2 Å². The number of ether oxygens (including phenoxy) is 1. The molecule has 2 unspecified atom stereocenters. The third-order valence-electron chi connectivity index (χ3n) is 6.60. The largest absolute Gasteiger partial charge is 0.408 e. The van der Waals surface area contributed by atoms with Gasteiger partial charge >= 0.3 is 6.18 Å². The van der Waals surface area contributed by atoms with Crippen molar-refractivity contribution in [1.29, 1.82) is 0 Å². The molecule has 6 nitrogen and oxygen atoms in total. The van der Waals surface area contributed by atoms with E-state index in [1.54, 1.807) is 4.90 Å². The fraction of sp³-hybridized carbons (Fsp3) is 0.375. The Morgan fingerprint density at radius 2 is 1.91 bits per heavy atom. The van der Waals surface area contributed by atoms with E-state index in [0.717, 1.165) is 34.2 Å². The summed E-state index contributed by atoms with van der Waals surface area (Å²) < 4.78 is 46.8. The molecular weight excluding hydrogens is 433 g/mol. The molecule has 33 heavy (non-hydrogen) atoms. The van der Waals surface area contributed by atoms with Crippen LogP contribution < -0.4 is 0 Å². The third kappa shape index (κ3) is 3.60. The van der Waals surface area contributed by atoms with E-state index in [9.17, 15) is 18.0 Å². The minimum atomic E-state index is -4.45. The molecule has 4 heterocycles. The zero-order valence-electron chi connectivity index (χ0n) is 17.7. The first-order valence-electron chi connectivity index (χ1n) is 11.0. The van der Waals surface area contributed by atoms with Crippen molar-refractivity contribution in [3.05, 3.63) is 65.1 Å². The van der Waals surface area contributed by atoms with Crippen molar-refractivity contribution >= 4 is 22.4 Å². The van der Waals surface area contributed by atoms with E-state index in [1.165, 1.54) is 12.3 Å². The molecule has 1 amide bonds. The Bertz CT molecular complexity index is 1280. The molecule has 0 N–H and O–H groups in total. The first kappa shape index (κ1) is 20.4. The van der Waals surface area contributed by atoms with Crippen LogP contribution >= 0.6 is 0 Å². The monoisotopic (exact) mass is 454 g/mol. The second-order valence-corrected chi connectivity index (χ2v) is 8.85. The molecule has 6 rings (SSSR count). The van der Waals surface area contributed by atoms with E-state index in [0.29, 0.717) is 30.6 Å². The summed E-state index contributed by atoms with van der Waals surface area (Å²) in [4.78, 5) is 19.2. The quantitative estimate of drug-likeness (QED) is 0.601. The lowest BCUT2D eigenvalue weighted by molar-refractivity contribution is -0.141. The molecule has 1 aromatic carbocycles. The molecule has 0 radical (unpaired) electrons. The van der Waals surface area contributed by atoms with E-state index in [2.05, 4.69) is 10.1 Å². The van der Waals surface area contributed by atoms with Crippen molar-refractivity contribution in [2.45, 2.75) is 44.2 Å². The Morgan fingerprint density at radius 1 is 1.15 bits per heavy atom. The van der Waals surface area contributed by atoms with Gasteiger partial charge in [-0.1, -0.05) is 30.3 Å². The lowest BCUT2D eigenvalue weighted by Crippen LogP contribution is -2.46. The molecular formula is C24H21F3N4O2. The van der Waals surface area contributed by atoms with E-state index < -0.39 is 12.7 Å². The van der Waals surface area contributed by atoms with Crippen molar-refractivity contribution in [3.63, 3.8) is 0 Å². The van der Waals surface area contributed by atoms with Crippen molar-refractivity contribution in [2.24, 2.45) is 0 Å². The SMILES string of the molecule is O=C(c1cc2c(cn1)c(C1=CCc3ccccc31)nn2CC(F)(F)F)N1CC2CCC(C1)O2. The van der Waals surface area contributed by atoms with Crippen LogP contribution in [0.25, 0.3) is 16.5 Å². The number of allylic oxidation sites excluding steroid dienone is 1. The maximum absolute atomic E-state index is 13.4. The van der Waals surface area contributed by atoms with E-state index in [1.807, 2.05) is 30.3 Å². The highest BCUT2D eigenvalue weighted by Crippen LogP contribution is 2.36. The summed E-state index contributed by atoms with van der Waals surface area (Å²) in [6.45, 7) is -0.282. The standard InChI is InChI=1S/C24H21F3N4O2/c25-24(26,27)13-31-21-9-20(23(32)30-11-15-6-7-16(12-30)33-15)28-10-19(21)22(29-31)18-8-5-14-3-1-2-4-17(14)18/h1-4,8-10,15-16H,5-7,11-13H2. The zero-order chi connectivity index (χ0) is 22.7. The molecule has 170 valence electrons. The minimum Gasteiger partial charge on any atom is -0.371 e. The Kier molecular flexibility index (Phi) is 4.58. The van der Waals surface area contributed by atoms with Crippen LogP contribution in [0.3, 0.4) is 0 Å². The molecule has 2 bridgehead atoms. The minimum absolute atomic E-state index is 0.0214. The molecule has 2 fully saturated rings. The van der Waals surface area contributed by atoms with Crippen LogP contribution in [0.4, 0.5) is 13.2 Å². The van der Waals surface area contributed by atoms with Gasteiger partial charge in [0.1, 0.15) is 17.9 Å². The lowest BCUT2D eigenvalue weighted by atomic mass is 10.0. The number of carbonyl (C=O) groups excluding carboxylic acids is 1. The Morgan fingerprint density at radius 3 is 2.67 bits per heavy atom. The van der Waals surface area contributed by atoms with Gasteiger partial charge in [-0.2, -0.15) is 18.3 Å². The predicted molar refractivity (Wildman–Crippen MR) is 115 cm³/mol. The number of hydrogen-bond donors (Lipinski definition) is 0. The average Bonchev–Trinajstić information content (AvgIpc) is 3.47. The van der Waals surface area contributed by atoms with Crippen molar-refractivity contribution < 1.29 is 22.7 Å². The number of pyridine rings is 1. The van der Waals surface area contributed by atoms with Gasteiger partial charge in [0.05, 0.1) is 17.7 Å². The first-order valence-corrected chi connectivity index (χ1v) is 11.0. The van der Waals surface area contributed by atoms with Gasteiger partial charge in [0.25, 0.3) is 5.91 Å². The molecule has 2 atom stereocenters. The number of aromatic nitrogens is 3. The number of rotatable bonds is 3. The smallest absolute Gasteiger partial charge is 0.371 e. The van der Waals surface area contributed by atoms with Crippen LogP contribution in [0.1, 0.15) is 40.2 Å². The number of carbonyl (C=O) groups is 1. The van der Waals surface area contributed by atoms with Crippen LogP contribution in [0.2, 0.25) is 0 Å². The number of hydrogen-bond acceptors (Lipinski definition) is 4. The molecule has 0 saturated carbocycles. The maximum Gasteiger partial charge on any atom is 0.408 e. The van der Waals surface area contributed by atoms with Gasteiger partial charge < -0.3 is 9.64 Å².